The van der Waals surface area contributed by atoms with Crippen molar-refractivity contribution in [2.24, 2.45) is 0 Å². The third-order valence-corrected chi connectivity index (χ3v) is 4.62. The molecule has 1 heterocycles. The minimum absolute atomic E-state index is 0.496. The van der Waals surface area contributed by atoms with Gasteiger partial charge >= 0.3 is 0 Å². The lowest BCUT2D eigenvalue weighted by molar-refractivity contribution is 0.752. The smallest absolute Gasteiger partial charge is 0.162 e. The molecule has 116 valence electrons. The van der Waals surface area contributed by atoms with Crippen LogP contribution in [0.2, 0.25) is 5.02 Å². The van der Waals surface area contributed by atoms with E-state index < -0.39 is 0 Å². The largest absolute Gasteiger partial charge is 0.367 e. The molecule has 1 aliphatic carbocycles. The van der Waals surface area contributed by atoms with Gasteiger partial charge in [-0.15, -0.1) is 0 Å². The van der Waals surface area contributed by atoms with E-state index in [1.807, 2.05) is 48.5 Å². The highest BCUT2D eigenvalue weighted by atomic mass is 35.5. The lowest BCUT2D eigenvalue weighted by atomic mass is 10.1. The molecule has 3 aromatic rings. The van der Waals surface area contributed by atoms with E-state index in [4.69, 9.17) is 21.6 Å². The van der Waals surface area contributed by atoms with E-state index in [0.717, 1.165) is 28.1 Å². The molecule has 0 bridgehead atoms. The molecule has 0 amide bonds. The third-order valence-electron chi connectivity index (χ3n) is 4.39. The highest BCUT2D eigenvalue weighted by Gasteiger charge is 2.17. The summed E-state index contributed by atoms with van der Waals surface area (Å²) in [5.41, 5.74) is 1.95. The zero-order valence-electron chi connectivity index (χ0n) is 12.8. The normalized spacial score (nSPS) is 15.2. The molecule has 1 aromatic heterocycles. The Bertz CT molecular complexity index is 827. The van der Waals surface area contributed by atoms with Gasteiger partial charge in [-0.05, 0) is 31.0 Å². The summed E-state index contributed by atoms with van der Waals surface area (Å²) in [6.07, 6.45) is 4.97. The van der Waals surface area contributed by atoms with E-state index in [2.05, 4.69) is 5.32 Å². The average molecular weight is 324 g/mol. The van der Waals surface area contributed by atoms with Gasteiger partial charge in [0.2, 0.25) is 0 Å². The fraction of sp³-hybridized carbons (Fsp3) is 0.263. The Morgan fingerprint density at radius 1 is 0.957 bits per heavy atom. The number of fused-ring (bicyclic) bond motifs is 1. The number of nitrogens with zero attached hydrogens (tertiary/aromatic N) is 2. The standard InChI is InChI=1S/C19H18ClN3/c20-14-10-11-17-16(12-14)19(21-15-8-4-5-9-15)23-18(22-17)13-6-2-1-3-7-13/h1-3,6-7,10-12,15H,4-5,8-9H2,(H,21,22,23). The van der Waals surface area contributed by atoms with Crippen LogP contribution in [-0.4, -0.2) is 16.0 Å². The molecule has 3 nitrogen and oxygen atoms in total. The van der Waals surface area contributed by atoms with Gasteiger partial charge in [-0.25, -0.2) is 9.97 Å². The molecule has 4 rings (SSSR count). The van der Waals surface area contributed by atoms with Crippen molar-refractivity contribution in [1.82, 2.24) is 9.97 Å². The van der Waals surface area contributed by atoms with Crippen molar-refractivity contribution >= 4 is 28.3 Å². The molecule has 23 heavy (non-hydrogen) atoms. The number of nitrogens with one attached hydrogen (secondary N) is 1. The van der Waals surface area contributed by atoms with Gasteiger partial charge in [0.1, 0.15) is 5.82 Å². The van der Waals surface area contributed by atoms with Crippen LogP contribution >= 0.6 is 11.6 Å². The number of hydrogen-bond acceptors (Lipinski definition) is 3. The fourth-order valence-electron chi connectivity index (χ4n) is 3.19. The van der Waals surface area contributed by atoms with Crippen LogP contribution in [0.25, 0.3) is 22.3 Å². The predicted molar refractivity (Wildman–Crippen MR) is 95.9 cm³/mol. The van der Waals surface area contributed by atoms with E-state index in [0.29, 0.717) is 11.1 Å². The maximum atomic E-state index is 6.18. The van der Waals surface area contributed by atoms with Crippen molar-refractivity contribution in [3.63, 3.8) is 0 Å². The molecule has 0 spiro atoms. The zero-order chi connectivity index (χ0) is 15.6. The van der Waals surface area contributed by atoms with E-state index in [1.54, 1.807) is 0 Å². The Balaban J connectivity index is 1.84. The molecule has 1 aliphatic rings. The Kier molecular flexibility index (Phi) is 3.88. The SMILES string of the molecule is Clc1ccc2nc(-c3ccccc3)nc(NC3CCCC3)c2c1. The van der Waals surface area contributed by atoms with Gasteiger partial charge in [0.15, 0.2) is 5.82 Å². The number of rotatable bonds is 3. The van der Waals surface area contributed by atoms with Crippen molar-refractivity contribution in [2.75, 3.05) is 5.32 Å². The van der Waals surface area contributed by atoms with Crippen molar-refractivity contribution in [3.8, 4) is 11.4 Å². The zero-order valence-corrected chi connectivity index (χ0v) is 13.6. The first-order valence-corrected chi connectivity index (χ1v) is 8.47. The van der Waals surface area contributed by atoms with Gasteiger partial charge in [-0.3, -0.25) is 0 Å². The number of halogens is 1. The van der Waals surface area contributed by atoms with Crippen molar-refractivity contribution in [1.29, 1.82) is 0 Å². The number of aromatic nitrogens is 2. The molecule has 0 radical (unpaired) electrons. The maximum Gasteiger partial charge on any atom is 0.162 e. The molecule has 0 saturated heterocycles. The first kappa shape index (κ1) is 14.5. The van der Waals surface area contributed by atoms with Gasteiger partial charge in [0, 0.05) is 22.0 Å². The quantitative estimate of drug-likeness (QED) is 0.710. The number of benzene rings is 2. The second-order valence-corrected chi connectivity index (χ2v) is 6.49. The summed E-state index contributed by atoms with van der Waals surface area (Å²) < 4.78 is 0. The summed E-state index contributed by atoms with van der Waals surface area (Å²) in [5, 5.41) is 5.31. The van der Waals surface area contributed by atoms with Gasteiger partial charge < -0.3 is 5.32 Å². The average Bonchev–Trinajstić information content (AvgIpc) is 3.09. The van der Waals surface area contributed by atoms with Gasteiger partial charge in [-0.2, -0.15) is 0 Å². The van der Waals surface area contributed by atoms with Crippen molar-refractivity contribution in [3.05, 3.63) is 53.6 Å². The summed E-state index contributed by atoms with van der Waals surface area (Å²) in [4.78, 5) is 9.51. The molecule has 0 aliphatic heterocycles. The fourth-order valence-corrected chi connectivity index (χ4v) is 3.36. The molecule has 1 fully saturated rings. The molecular weight excluding hydrogens is 306 g/mol. The minimum Gasteiger partial charge on any atom is -0.367 e. The highest BCUT2D eigenvalue weighted by molar-refractivity contribution is 6.31. The minimum atomic E-state index is 0.496. The Labute approximate surface area is 140 Å². The topological polar surface area (TPSA) is 37.8 Å². The second-order valence-electron chi connectivity index (χ2n) is 6.05. The summed E-state index contributed by atoms with van der Waals surface area (Å²) in [6, 6.07) is 16.4. The van der Waals surface area contributed by atoms with Crippen LogP contribution in [0.1, 0.15) is 25.7 Å². The van der Waals surface area contributed by atoms with Crippen LogP contribution in [0.3, 0.4) is 0 Å². The molecule has 1 saturated carbocycles. The Morgan fingerprint density at radius 2 is 1.74 bits per heavy atom. The van der Waals surface area contributed by atoms with Gasteiger partial charge in [0.05, 0.1) is 5.52 Å². The Morgan fingerprint density at radius 3 is 2.52 bits per heavy atom. The van der Waals surface area contributed by atoms with Crippen LogP contribution in [0, 0.1) is 0 Å². The summed E-state index contributed by atoms with van der Waals surface area (Å²) in [5.74, 6) is 1.64. The number of hydrogen-bond donors (Lipinski definition) is 1. The van der Waals surface area contributed by atoms with Crippen LogP contribution in [0.5, 0.6) is 0 Å². The lowest BCUT2D eigenvalue weighted by Gasteiger charge is -2.16. The first-order valence-electron chi connectivity index (χ1n) is 8.09. The number of anilines is 1. The van der Waals surface area contributed by atoms with Gasteiger partial charge in [0.25, 0.3) is 0 Å². The maximum absolute atomic E-state index is 6.18. The molecule has 0 atom stereocenters. The van der Waals surface area contributed by atoms with Crippen molar-refractivity contribution < 1.29 is 0 Å². The molecule has 0 unspecified atom stereocenters. The van der Waals surface area contributed by atoms with Crippen LogP contribution in [0.15, 0.2) is 48.5 Å². The molecule has 4 heteroatoms. The molecule has 1 N–H and O–H groups in total. The Hall–Kier alpha value is -2.13. The molecular formula is C19H18ClN3. The lowest BCUT2D eigenvalue weighted by Crippen LogP contribution is -2.16. The monoisotopic (exact) mass is 323 g/mol. The van der Waals surface area contributed by atoms with E-state index in [1.165, 1.54) is 25.7 Å². The predicted octanol–water partition coefficient (Wildman–Crippen LogP) is 5.30. The van der Waals surface area contributed by atoms with E-state index in [-0.39, 0.29) is 0 Å². The van der Waals surface area contributed by atoms with Crippen LogP contribution in [-0.2, 0) is 0 Å². The second kappa shape index (κ2) is 6.17. The van der Waals surface area contributed by atoms with Crippen molar-refractivity contribution in [2.45, 2.75) is 31.7 Å². The van der Waals surface area contributed by atoms with E-state index >= 15 is 0 Å². The summed E-state index contributed by atoms with van der Waals surface area (Å²) in [7, 11) is 0. The van der Waals surface area contributed by atoms with Crippen LogP contribution in [0.4, 0.5) is 5.82 Å². The molecule has 2 aromatic carbocycles. The summed E-state index contributed by atoms with van der Waals surface area (Å²) in [6.45, 7) is 0. The van der Waals surface area contributed by atoms with Crippen LogP contribution < -0.4 is 5.32 Å². The highest BCUT2D eigenvalue weighted by Crippen LogP contribution is 2.30. The first-order chi connectivity index (χ1) is 11.3. The third kappa shape index (κ3) is 3.02. The van der Waals surface area contributed by atoms with E-state index in [9.17, 15) is 0 Å². The summed E-state index contributed by atoms with van der Waals surface area (Å²) >= 11 is 6.18. The van der Waals surface area contributed by atoms with Gasteiger partial charge in [-0.1, -0.05) is 54.8 Å².